The van der Waals surface area contributed by atoms with Gasteiger partial charge in [0.2, 0.25) is 0 Å². The van der Waals surface area contributed by atoms with Gasteiger partial charge in [-0.1, -0.05) is 12.1 Å². The summed E-state index contributed by atoms with van der Waals surface area (Å²) in [6.07, 6.45) is 5.48. The Morgan fingerprint density at radius 1 is 1.29 bits per heavy atom. The van der Waals surface area contributed by atoms with Crippen molar-refractivity contribution in [2.75, 3.05) is 13.2 Å². The number of benzene rings is 1. The lowest BCUT2D eigenvalue weighted by molar-refractivity contribution is -0.0110. The Kier molecular flexibility index (Phi) is 4.85. The van der Waals surface area contributed by atoms with Crippen molar-refractivity contribution >= 4 is 11.5 Å². The molecule has 1 N–H and O–H groups in total. The SMILES string of the molecule is OCc1sncc1-c1ccc(OCC2CCCCO2)cc1. The van der Waals surface area contributed by atoms with Crippen molar-refractivity contribution in [2.45, 2.75) is 32.0 Å². The lowest BCUT2D eigenvalue weighted by Gasteiger charge is -2.22. The lowest BCUT2D eigenvalue weighted by atomic mass is 10.1. The van der Waals surface area contributed by atoms with E-state index in [0.29, 0.717) is 6.61 Å². The molecule has 0 radical (unpaired) electrons. The first-order chi connectivity index (χ1) is 10.4. The average molecular weight is 305 g/mol. The van der Waals surface area contributed by atoms with Crippen molar-refractivity contribution in [3.05, 3.63) is 35.3 Å². The van der Waals surface area contributed by atoms with E-state index in [2.05, 4.69) is 4.37 Å². The third-order valence-corrected chi connectivity index (χ3v) is 4.44. The topological polar surface area (TPSA) is 51.6 Å². The van der Waals surface area contributed by atoms with Gasteiger partial charge in [0.25, 0.3) is 0 Å². The molecule has 1 aromatic carbocycles. The third kappa shape index (κ3) is 3.61. The molecule has 0 saturated carbocycles. The van der Waals surface area contributed by atoms with Crippen molar-refractivity contribution < 1.29 is 14.6 Å². The zero-order chi connectivity index (χ0) is 14.5. The smallest absolute Gasteiger partial charge is 0.119 e. The maximum absolute atomic E-state index is 9.28. The van der Waals surface area contributed by atoms with Crippen LogP contribution < -0.4 is 4.74 Å². The molecule has 3 rings (SSSR count). The third-order valence-electron chi connectivity index (χ3n) is 3.66. The van der Waals surface area contributed by atoms with E-state index in [-0.39, 0.29) is 12.7 Å². The zero-order valence-corrected chi connectivity index (χ0v) is 12.6. The quantitative estimate of drug-likeness (QED) is 0.921. The highest BCUT2D eigenvalue weighted by molar-refractivity contribution is 7.06. The van der Waals surface area contributed by atoms with Crippen molar-refractivity contribution in [1.82, 2.24) is 4.37 Å². The summed E-state index contributed by atoms with van der Waals surface area (Å²) in [6, 6.07) is 7.91. The van der Waals surface area contributed by atoms with Crippen molar-refractivity contribution in [2.24, 2.45) is 0 Å². The molecule has 1 fully saturated rings. The van der Waals surface area contributed by atoms with E-state index in [1.54, 1.807) is 6.20 Å². The molecule has 21 heavy (non-hydrogen) atoms. The summed E-state index contributed by atoms with van der Waals surface area (Å²) in [5.41, 5.74) is 2.04. The van der Waals surface area contributed by atoms with E-state index in [1.807, 2.05) is 24.3 Å². The summed E-state index contributed by atoms with van der Waals surface area (Å²) >= 11 is 1.33. The van der Waals surface area contributed by atoms with Crippen molar-refractivity contribution in [1.29, 1.82) is 0 Å². The van der Waals surface area contributed by atoms with Crippen LogP contribution in [0, 0.1) is 0 Å². The van der Waals surface area contributed by atoms with E-state index in [0.717, 1.165) is 41.2 Å². The van der Waals surface area contributed by atoms with Crippen LogP contribution in [-0.2, 0) is 11.3 Å². The van der Waals surface area contributed by atoms with Crippen LogP contribution >= 0.6 is 11.5 Å². The van der Waals surface area contributed by atoms with Gasteiger partial charge < -0.3 is 14.6 Å². The predicted molar refractivity (Wildman–Crippen MR) is 82.6 cm³/mol. The summed E-state index contributed by atoms with van der Waals surface area (Å²) in [7, 11) is 0. The number of hydrogen-bond acceptors (Lipinski definition) is 5. The van der Waals surface area contributed by atoms with E-state index in [4.69, 9.17) is 9.47 Å². The highest BCUT2D eigenvalue weighted by atomic mass is 32.1. The maximum Gasteiger partial charge on any atom is 0.119 e. The minimum Gasteiger partial charge on any atom is -0.491 e. The Labute approximate surface area is 128 Å². The summed E-state index contributed by atoms with van der Waals surface area (Å²) in [4.78, 5) is 0.888. The fraction of sp³-hybridized carbons (Fsp3) is 0.438. The monoisotopic (exact) mass is 305 g/mol. The molecular weight excluding hydrogens is 286 g/mol. The Morgan fingerprint density at radius 3 is 2.86 bits per heavy atom. The number of hydrogen-bond donors (Lipinski definition) is 1. The molecule has 1 aliphatic rings. The molecule has 5 heteroatoms. The second-order valence-corrected chi connectivity index (χ2v) is 6.03. The van der Waals surface area contributed by atoms with E-state index in [9.17, 15) is 5.11 Å². The van der Waals surface area contributed by atoms with E-state index >= 15 is 0 Å². The second-order valence-electron chi connectivity index (χ2n) is 5.14. The van der Waals surface area contributed by atoms with Gasteiger partial charge in [-0.05, 0) is 48.5 Å². The van der Waals surface area contributed by atoms with Gasteiger partial charge >= 0.3 is 0 Å². The number of aromatic nitrogens is 1. The molecule has 1 unspecified atom stereocenters. The Bertz CT molecular complexity index is 561. The van der Waals surface area contributed by atoms with Gasteiger partial charge in [0, 0.05) is 18.4 Å². The largest absolute Gasteiger partial charge is 0.491 e. The standard InChI is InChI=1S/C16H19NO3S/c18-10-16-15(9-17-21-16)12-4-6-13(7-5-12)20-11-14-3-1-2-8-19-14/h4-7,9,14,18H,1-3,8,10-11H2. The fourth-order valence-corrected chi connectivity index (χ4v) is 3.08. The molecular formula is C16H19NO3S. The normalized spacial score (nSPS) is 18.6. The molecule has 1 saturated heterocycles. The molecule has 0 bridgehead atoms. The minimum atomic E-state index is 0.0251. The summed E-state index contributed by atoms with van der Waals surface area (Å²) in [5.74, 6) is 0.849. The zero-order valence-electron chi connectivity index (χ0n) is 11.8. The average Bonchev–Trinajstić information content (AvgIpc) is 3.03. The molecule has 1 aromatic heterocycles. The number of ether oxygens (including phenoxy) is 2. The lowest BCUT2D eigenvalue weighted by Crippen LogP contribution is -2.25. The van der Waals surface area contributed by atoms with Gasteiger partial charge in [0.1, 0.15) is 12.4 Å². The molecule has 112 valence electrons. The predicted octanol–water partition coefficient (Wildman–Crippen LogP) is 3.25. The van der Waals surface area contributed by atoms with E-state index < -0.39 is 0 Å². The Morgan fingerprint density at radius 2 is 2.14 bits per heavy atom. The van der Waals surface area contributed by atoms with Gasteiger partial charge in [-0.2, -0.15) is 0 Å². The van der Waals surface area contributed by atoms with Crippen LogP contribution in [0.4, 0.5) is 0 Å². The van der Waals surface area contributed by atoms with Crippen LogP contribution in [0.2, 0.25) is 0 Å². The summed E-state index contributed by atoms with van der Waals surface area (Å²) < 4.78 is 15.6. The highest BCUT2D eigenvalue weighted by Crippen LogP contribution is 2.28. The Balaban J connectivity index is 1.61. The minimum absolute atomic E-state index is 0.0251. The second kappa shape index (κ2) is 7.02. The number of aliphatic hydroxyl groups excluding tert-OH is 1. The molecule has 2 heterocycles. The van der Waals surface area contributed by atoms with Crippen LogP contribution in [0.1, 0.15) is 24.1 Å². The molecule has 1 atom stereocenters. The molecule has 0 amide bonds. The van der Waals surface area contributed by atoms with Crippen LogP contribution in [0.15, 0.2) is 30.5 Å². The van der Waals surface area contributed by atoms with Gasteiger partial charge in [-0.25, -0.2) is 4.37 Å². The highest BCUT2D eigenvalue weighted by Gasteiger charge is 2.14. The van der Waals surface area contributed by atoms with Crippen LogP contribution in [-0.4, -0.2) is 28.8 Å². The van der Waals surface area contributed by atoms with Crippen LogP contribution in [0.3, 0.4) is 0 Å². The fourth-order valence-electron chi connectivity index (χ4n) is 2.47. The molecule has 1 aliphatic heterocycles. The molecule has 0 aliphatic carbocycles. The maximum atomic E-state index is 9.28. The van der Waals surface area contributed by atoms with Gasteiger partial charge in [-0.15, -0.1) is 0 Å². The Hall–Kier alpha value is -1.43. The van der Waals surface area contributed by atoms with Crippen LogP contribution in [0.25, 0.3) is 11.1 Å². The van der Waals surface area contributed by atoms with Gasteiger partial charge in [0.05, 0.1) is 17.6 Å². The summed E-state index contributed by atoms with van der Waals surface area (Å²) in [6.45, 7) is 1.49. The first-order valence-corrected chi connectivity index (χ1v) is 8.03. The molecule has 2 aromatic rings. The van der Waals surface area contributed by atoms with Gasteiger partial charge in [-0.3, -0.25) is 0 Å². The number of rotatable bonds is 5. The van der Waals surface area contributed by atoms with Crippen molar-refractivity contribution in [3.8, 4) is 16.9 Å². The number of aliphatic hydroxyl groups is 1. The summed E-state index contributed by atoms with van der Waals surface area (Å²) in [5, 5.41) is 9.28. The van der Waals surface area contributed by atoms with Crippen molar-refractivity contribution in [3.63, 3.8) is 0 Å². The first-order valence-electron chi connectivity index (χ1n) is 7.26. The first kappa shape index (κ1) is 14.5. The molecule has 4 nitrogen and oxygen atoms in total. The molecule has 0 spiro atoms. The van der Waals surface area contributed by atoms with E-state index in [1.165, 1.54) is 18.0 Å². The van der Waals surface area contributed by atoms with Gasteiger partial charge in [0.15, 0.2) is 0 Å². The van der Waals surface area contributed by atoms with Crippen LogP contribution in [0.5, 0.6) is 5.75 Å². The number of nitrogens with zero attached hydrogens (tertiary/aromatic N) is 1.